The number of hydrogen-bond acceptors (Lipinski definition) is 5. The minimum atomic E-state index is -0.213. The molecule has 1 fully saturated rings. The molecule has 0 saturated carbocycles. The second kappa shape index (κ2) is 7.94. The normalized spacial score (nSPS) is 17.2. The first-order valence-corrected chi connectivity index (χ1v) is 8.50. The highest BCUT2D eigenvalue weighted by atomic mass is 16.5. The minimum Gasteiger partial charge on any atom is -0.377 e. The average molecular weight is 341 g/mol. The maximum Gasteiger partial charge on any atom is 0.319 e. The van der Waals surface area contributed by atoms with Gasteiger partial charge in [-0.15, -0.1) is 0 Å². The number of anilines is 2. The Hall–Kier alpha value is -2.67. The van der Waals surface area contributed by atoms with Crippen molar-refractivity contribution in [3.8, 4) is 11.4 Å². The van der Waals surface area contributed by atoms with Gasteiger partial charge in [-0.3, -0.25) is 0 Å². The molecule has 2 N–H and O–H groups in total. The van der Waals surface area contributed by atoms with Crippen LogP contribution in [-0.4, -0.2) is 48.3 Å². The number of urea groups is 1. The van der Waals surface area contributed by atoms with Crippen molar-refractivity contribution in [3.05, 3.63) is 36.5 Å². The summed E-state index contributed by atoms with van der Waals surface area (Å²) >= 11 is 0. The largest absolute Gasteiger partial charge is 0.377 e. The van der Waals surface area contributed by atoms with E-state index in [1.807, 2.05) is 37.3 Å². The number of carbonyl (C=O) groups is 1. The van der Waals surface area contributed by atoms with E-state index in [0.29, 0.717) is 31.6 Å². The summed E-state index contributed by atoms with van der Waals surface area (Å²) in [5, 5.41) is 5.48. The second-order valence-corrected chi connectivity index (χ2v) is 5.92. The first kappa shape index (κ1) is 17.2. The zero-order valence-electron chi connectivity index (χ0n) is 14.5. The lowest BCUT2D eigenvalue weighted by molar-refractivity contribution is 0.0985. The predicted molar refractivity (Wildman–Crippen MR) is 97.8 cm³/mol. The van der Waals surface area contributed by atoms with Crippen molar-refractivity contribution in [2.45, 2.75) is 19.9 Å². The van der Waals surface area contributed by atoms with E-state index in [2.05, 4.69) is 27.4 Å². The highest BCUT2D eigenvalue weighted by Crippen LogP contribution is 2.22. The number of carbonyl (C=O) groups excluding carboxylic acids is 1. The summed E-state index contributed by atoms with van der Waals surface area (Å²) in [5.74, 6) is 1.58. The monoisotopic (exact) mass is 341 g/mol. The lowest BCUT2D eigenvalue weighted by atomic mass is 10.2. The van der Waals surface area contributed by atoms with Crippen LogP contribution in [0.5, 0.6) is 0 Å². The Balaban J connectivity index is 1.75. The fourth-order valence-corrected chi connectivity index (χ4v) is 2.75. The van der Waals surface area contributed by atoms with Crippen LogP contribution in [0.15, 0.2) is 36.5 Å². The molecule has 0 bridgehead atoms. The van der Waals surface area contributed by atoms with E-state index in [4.69, 9.17) is 9.72 Å². The third kappa shape index (κ3) is 4.24. The molecule has 1 atom stereocenters. The van der Waals surface area contributed by atoms with Gasteiger partial charge in [-0.1, -0.05) is 0 Å². The summed E-state index contributed by atoms with van der Waals surface area (Å²) in [6.07, 6.45) is 1.78. The summed E-state index contributed by atoms with van der Waals surface area (Å²) in [5.41, 5.74) is 1.64. The van der Waals surface area contributed by atoms with Gasteiger partial charge in [0.2, 0.25) is 0 Å². The summed E-state index contributed by atoms with van der Waals surface area (Å²) in [6, 6.07) is 9.51. The van der Waals surface area contributed by atoms with E-state index in [0.717, 1.165) is 23.6 Å². The van der Waals surface area contributed by atoms with E-state index >= 15 is 0 Å². The number of rotatable bonds is 4. The van der Waals surface area contributed by atoms with Gasteiger partial charge in [0.1, 0.15) is 5.82 Å². The van der Waals surface area contributed by atoms with Gasteiger partial charge < -0.3 is 20.3 Å². The molecule has 1 aromatic carbocycles. The number of benzene rings is 1. The standard InChI is InChI=1S/C18H23N5O2/c1-3-19-18(24)21-15-6-4-14(5-7-15)17-20-9-8-16(22-17)23-10-11-25-12-13(23)2/h4-9,13H,3,10-12H2,1-2H3,(H2,19,21,24)/t13-/m0/s1. The van der Waals surface area contributed by atoms with Gasteiger partial charge >= 0.3 is 6.03 Å². The number of amides is 2. The Morgan fingerprint density at radius 3 is 2.84 bits per heavy atom. The van der Waals surface area contributed by atoms with Gasteiger partial charge in [0, 0.05) is 30.5 Å². The first-order valence-electron chi connectivity index (χ1n) is 8.50. The molecule has 0 unspecified atom stereocenters. The number of nitrogens with zero attached hydrogens (tertiary/aromatic N) is 3. The molecule has 1 aromatic heterocycles. The SMILES string of the molecule is CCNC(=O)Nc1ccc(-c2nccc(N3CCOC[C@@H]3C)n2)cc1. The van der Waals surface area contributed by atoms with Crippen LogP contribution >= 0.6 is 0 Å². The van der Waals surface area contributed by atoms with E-state index in [-0.39, 0.29) is 6.03 Å². The van der Waals surface area contributed by atoms with Crippen molar-refractivity contribution in [2.75, 3.05) is 36.5 Å². The summed E-state index contributed by atoms with van der Waals surface area (Å²) in [7, 11) is 0. The van der Waals surface area contributed by atoms with Crippen molar-refractivity contribution in [2.24, 2.45) is 0 Å². The highest BCUT2D eigenvalue weighted by Gasteiger charge is 2.20. The van der Waals surface area contributed by atoms with Gasteiger partial charge in [-0.25, -0.2) is 14.8 Å². The molecule has 25 heavy (non-hydrogen) atoms. The van der Waals surface area contributed by atoms with Crippen molar-refractivity contribution in [1.82, 2.24) is 15.3 Å². The molecule has 0 spiro atoms. The molecular formula is C18H23N5O2. The third-order valence-corrected chi connectivity index (χ3v) is 4.04. The number of ether oxygens (including phenoxy) is 1. The molecule has 7 heteroatoms. The molecule has 132 valence electrons. The summed E-state index contributed by atoms with van der Waals surface area (Å²) in [6.45, 7) is 6.84. The molecule has 1 aliphatic rings. The van der Waals surface area contributed by atoms with Gasteiger partial charge in [-0.2, -0.15) is 0 Å². The van der Waals surface area contributed by atoms with Gasteiger partial charge in [0.25, 0.3) is 0 Å². The van der Waals surface area contributed by atoms with Crippen molar-refractivity contribution in [3.63, 3.8) is 0 Å². The van der Waals surface area contributed by atoms with Crippen molar-refractivity contribution in [1.29, 1.82) is 0 Å². The number of hydrogen-bond donors (Lipinski definition) is 2. The zero-order chi connectivity index (χ0) is 17.6. The van der Waals surface area contributed by atoms with Gasteiger partial charge in [0.15, 0.2) is 5.82 Å². The third-order valence-electron chi connectivity index (χ3n) is 4.04. The van der Waals surface area contributed by atoms with Crippen molar-refractivity contribution >= 4 is 17.5 Å². The van der Waals surface area contributed by atoms with Crippen LogP contribution in [0.1, 0.15) is 13.8 Å². The maximum atomic E-state index is 11.6. The number of morpholine rings is 1. The van der Waals surface area contributed by atoms with Crippen LogP contribution in [0.25, 0.3) is 11.4 Å². The zero-order valence-corrected chi connectivity index (χ0v) is 14.5. The lowest BCUT2D eigenvalue weighted by Crippen LogP contribution is -2.44. The van der Waals surface area contributed by atoms with E-state index in [1.54, 1.807) is 6.20 Å². The highest BCUT2D eigenvalue weighted by molar-refractivity contribution is 5.89. The molecule has 2 aromatic rings. The molecule has 7 nitrogen and oxygen atoms in total. The van der Waals surface area contributed by atoms with Gasteiger partial charge in [-0.05, 0) is 44.2 Å². The topological polar surface area (TPSA) is 79.4 Å². The van der Waals surface area contributed by atoms with Gasteiger partial charge in [0.05, 0.1) is 19.3 Å². The summed E-state index contributed by atoms with van der Waals surface area (Å²) < 4.78 is 5.49. The summed E-state index contributed by atoms with van der Waals surface area (Å²) in [4.78, 5) is 22.9. The molecule has 0 aliphatic carbocycles. The Labute approximate surface area is 147 Å². The Bertz CT molecular complexity index is 720. The molecule has 2 heterocycles. The fourth-order valence-electron chi connectivity index (χ4n) is 2.75. The van der Waals surface area contributed by atoms with Crippen LogP contribution in [-0.2, 0) is 4.74 Å². The van der Waals surface area contributed by atoms with Crippen molar-refractivity contribution < 1.29 is 9.53 Å². The molecule has 1 saturated heterocycles. The minimum absolute atomic E-state index is 0.213. The van der Waals surface area contributed by atoms with Crippen LogP contribution in [0, 0.1) is 0 Å². The number of aromatic nitrogens is 2. The second-order valence-electron chi connectivity index (χ2n) is 5.92. The first-order chi connectivity index (χ1) is 12.2. The van der Waals surface area contributed by atoms with Crippen LogP contribution in [0.2, 0.25) is 0 Å². The number of nitrogens with one attached hydrogen (secondary N) is 2. The molecule has 2 amide bonds. The van der Waals surface area contributed by atoms with Crippen LogP contribution in [0.3, 0.4) is 0 Å². The molecule has 0 radical (unpaired) electrons. The molecule has 3 rings (SSSR count). The van der Waals surface area contributed by atoms with E-state index < -0.39 is 0 Å². The Kier molecular flexibility index (Phi) is 5.45. The Morgan fingerprint density at radius 1 is 1.32 bits per heavy atom. The fraction of sp³-hybridized carbons (Fsp3) is 0.389. The Morgan fingerprint density at radius 2 is 2.12 bits per heavy atom. The van der Waals surface area contributed by atoms with E-state index in [9.17, 15) is 4.79 Å². The quantitative estimate of drug-likeness (QED) is 0.893. The average Bonchev–Trinajstić information content (AvgIpc) is 2.63. The van der Waals surface area contributed by atoms with Crippen LogP contribution < -0.4 is 15.5 Å². The van der Waals surface area contributed by atoms with E-state index in [1.165, 1.54) is 0 Å². The smallest absolute Gasteiger partial charge is 0.319 e. The predicted octanol–water partition coefficient (Wildman–Crippen LogP) is 2.51. The molecule has 1 aliphatic heterocycles. The maximum absolute atomic E-state index is 11.6. The van der Waals surface area contributed by atoms with Crippen LogP contribution in [0.4, 0.5) is 16.3 Å². The lowest BCUT2D eigenvalue weighted by Gasteiger charge is -2.34. The molecular weight excluding hydrogens is 318 g/mol.